The van der Waals surface area contributed by atoms with Crippen LogP contribution in [0.25, 0.3) is 11.8 Å². The van der Waals surface area contributed by atoms with Crippen LogP contribution in [0.1, 0.15) is 28.4 Å². The van der Waals surface area contributed by atoms with Gasteiger partial charge in [-0.15, -0.1) is 0 Å². The van der Waals surface area contributed by atoms with Crippen molar-refractivity contribution in [2.24, 2.45) is 0 Å². The fourth-order valence-electron chi connectivity index (χ4n) is 2.31. The highest BCUT2D eigenvalue weighted by molar-refractivity contribution is 9.10. The van der Waals surface area contributed by atoms with Gasteiger partial charge in [0.1, 0.15) is 5.76 Å². The van der Waals surface area contributed by atoms with Crippen molar-refractivity contribution in [3.63, 3.8) is 0 Å². The Bertz CT molecular complexity index is 827. The number of carbonyl (C=O) groups excluding carboxylic acids is 2. The number of anilines is 1. The summed E-state index contributed by atoms with van der Waals surface area (Å²) in [4.78, 5) is 23.7. The molecule has 0 saturated carbocycles. The molecule has 0 fully saturated rings. The Kier molecular flexibility index (Phi) is 4.66. The van der Waals surface area contributed by atoms with Gasteiger partial charge in [0, 0.05) is 10.0 Å². The summed E-state index contributed by atoms with van der Waals surface area (Å²) >= 11 is 3.38. The molecule has 1 aliphatic heterocycles. The lowest BCUT2D eigenvalue weighted by atomic mass is 10.0. The molecule has 2 aromatic rings. The van der Waals surface area contributed by atoms with Gasteiger partial charge in [-0.25, -0.2) is 9.59 Å². The lowest BCUT2D eigenvalue weighted by molar-refractivity contribution is 0.0526. The second kappa shape index (κ2) is 6.88. The first kappa shape index (κ1) is 16.3. The van der Waals surface area contributed by atoms with Gasteiger partial charge in [0.05, 0.1) is 17.9 Å². The van der Waals surface area contributed by atoms with Crippen LogP contribution in [0.2, 0.25) is 0 Å². The zero-order chi connectivity index (χ0) is 17.1. The van der Waals surface area contributed by atoms with Crippen LogP contribution in [0.4, 0.5) is 10.5 Å². The monoisotopic (exact) mass is 387 g/mol. The number of benzene rings is 2. The summed E-state index contributed by atoms with van der Waals surface area (Å²) in [6.07, 6.45) is 1.19. The zero-order valence-electron chi connectivity index (χ0n) is 12.8. The summed E-state index contributed by atoms with van der Waals surface area (Å²) in [5.74, 6) is -0.0394. The van der Waals surface area contributed by atoms with E-state index in [9.17, 15) is 9.59 Å². The first-order valence-electron chi connectivity index (χ1n) is 7.34. The van der Waals surface area contributed by atoms with Crippen molar-refractivity contribution < 1.29 is 19.1 Å². The van der Waals surface area contributed by atoms with Crippen LogP contribution in [-0.4, -0.2) is 18.7 Å². The lowest BCUT2D eigenvalue weighted by Gasteiger charge is -2.20. The van der Waals surface area contributed by atoms with Crippen molar-refractivity contribution in [2.75, 3.05) is 11.9 Å². The molecule has 0 aromatic heterocycles. The van der Waals surface area contributed by atoms with Crippen molar-refractivity contribution in [3.8, 4) is 0 Å². The highest BCUT2D eigenvalue weighted by atomic mass is 79.9. The van der Waals surface area contributed by atoms with E-state index in [-0.39, 0.29) is 0 Å². The van der Waals surface area contributed by atoms with Gasteiger partial charge >= 0.3 is 12.1 Å². The number of cyclic esters (lactones) is 1. The molecule has 1 heterocycles. The first-order chi connectivity index (χ1) is 11.6. The molecule has 5 nitrogen and oxygen atoms in total. The van der Waals surface area contributed by atoms with Crippen LogP contribution >= 0.6 is 15.9 Å². The van der Waals surface area contributed by atoms with Crippen LogP contribution in [0.3, 0.4) is 0 Å². The molecule has 0 radical (unpaired) electrons. The number of ether oxygens (including phenoxy) is 2. The van der Waals surface area contributed by atoms with Gasteiger partial charge < -0.3 is 9.47 Å². The molecular weight excluding hydrogens is 374 g/mol. The highest BCUT2D eigenvalue weighted by Gasteiger charge is 2.23. The minimum atomic E-state index is -0.560. The summed E-state index contributed by atoms with van der Waals surface area (Å²) in [5.41, 5.74) is 2.48. The fourth-order valence-corrected chi connectivity index (χ4v) is 2.57. The Hall–Kier alpha value is -2.60. The van der Waals surface area contributed by atoms with Gasteiger partial charge in [-0.1, -0.05) is 28.1 Å². The van der Waals surface area contributed by atoms with Crippen molar-refractivity contribution in [3.05, 3.63) is 63.6 Å². The maximum Gasteiger partial charge on any atom is 0.417 e. The van der Waals surface area contributed by atoms with E-state index in [0.29, 0.717) is 29.2 Å². The smallest absolute Gasteiger partial charge is 0.417 e. The molecule has 0 atom stereocenters. The van der Waals surface area contributed by atoms with Gasteiger partial charge in [-0.3, -0.25) is 5.32 Å². The van der Waals surface area contributed by atoms with Gasteiger partial charge in [0.2, 0.25) is 0 Å². The molecule has 0 aliphatic carbocycles. The molecular formula is C18H14BrNO4. The number of amides is 1. The zero-order valence-corrected chi connectivity index (χ0v) is 14.4. The van der Waals surface area contributed by atoms with E-state index >= 15 is 0 Å². The van der Waals surface area contributed by atoms with Crippen LogP contribution in [-0.2, 0) is 9.47 Å². The Morgan fingerprint density at radius 3 is 2.71 bits per heavy atom. The van der Waals surface area contributed by atoms with E-state index in [2.05, 4.69) is 21.2 Å². The van der Waals surface area contributed by atoms with Crippen molar-refractivity contribution >= 4 is 45.5 Å². The van der Waals surface area contributed by atoms with E-state index < -0.39 is 12.1 Å². The normalized spacial score (nSPS) is 14.6. The Morgan fingerprint density at radius 1 is 1.25 bits per heavy atom. The predicted octanol–water partition coefficient (Wildman–Crippen LogP) is 4.69. The first-order valence-corrected chi connectivity index (χ1v) is 8.14. The molecule has 1 N–H and O–H groups in total. The number of hydrogen-bond donors (Lipinski definition) is 1. The van der Waals surface area contributed by atoms with Crippen molar-refractivity contribution in [2.45, 2.75) is 6.92 Å². The maximum atomic E-state index is 11.9. The summed E-state index contributed by atoms with van der Waals surface area (Å²) in [7, 11) is 0. The molecule has 1 aliphatic rings. The van der Waals surface area contributed by atoms with Crippen LogP contribution in [0.15, 0.2) is 46.9 Å². The molecule has 6 heteroatoms. The summed E-state index contributed by atoms with van der Waals surface area (Å²) < 4.78 is 11.3. The molecule has 122 valence electrons. The number of hydrogen-bond acceptors (Lipinski definition) is 4. The minimum absolute atomic E-state index is 0.296. The number of halogens is 1. The van der Waals surface area contributed by atoms with Gasteiger partial charge in [0.15, 0.2) is 0 Å². The Labute approximate surface area is 147 Å². The summed E-state index contributed by atoms with van der Waals surface area (Å²) in [6, 6.07) is 12.5. The summed E-state index contributed by atoms with van der Waals surface area (Å²) in [5, 5.41) is 2.62. The molecule has 0 unspecified atom stereocenters. The third-order valence-corrected chi connectivity index (χ3v) is 3.93. The quantitative estimate of drug-likeness (QED) is 0.776. The molecule has 0 bridgehead atoms. The summed E-state index contributed by atoms with van der Waals surface area (Å²) in [6.45, 7) is 2.04. The molecule has 0 saturated heterocycles. The van der Waals surface area contributed by atoms with Crippen LogP contribution in [0, 0.1) is 0 Å². The van der Waals surface area contributed by atoms with Crippen molar-refractivity contribution in [1.29, 1.82) is 0 Å². The molecule has 3 rings (SSSR count). The molecule has 0 spiro atoms. The molecule has 24 heavy (non-hydrogen) atoms. The highest BCUT2D eigenvalue weighted by Crippen LogP contribution is 2.32. The molecule has 1 amide bonds. The van der Waals surface area contributed by atoms with E-state index in [0.717, 1.165) is 10.0 Å². The van der Waals surface area contributed by atoms with Crippen LogP contribution < -0.4 is 5.32 Å². The predicted molar refractivity (Wildman–Crippen MR) is 94.5 cm³/mol. The maximum absolute atomic E-state index is 11.9. The van der Waals surface area contributed by atoms with Crippen molar-refractivity contribution in [1.82, 2.24) is 0 Å². The minimum Gasteiger partial charge on any atom is -0.462 e. The Morgan fingerprint density at radius 2 is 2.00 bits per heavy atom. The third-order valence-electron chi connectivity index (χ3n) is 3.40. The third kappa shape index (κ3) is 3.49. The number of fused-ring (bicyclic) bond motifs is 1. The number of carbonyl (C=O) groups is 2. The molecule has 2 aromatic carbocycles. The van der Waals surface area contributed by atoms with E-state index in [4.69, 9.17) is 9.47 Å². The average molecular weight is 388 g/mol. The topological polar surface area (TPSA) is 64.6 Å². The van der Waals surface area contributed by atoms with Gasteiger partial charge in [0.25, 0.3) is 0 Å². The second-order valence-corrected chi connectivity index (χ2v) is 5.97. The second-order valence-electron chi connectivity index (χ2n) is 5.06. The number of nitrogens with one attached hydrogen (secondary N) is 1. The Balaban J connectivity index is 2.03. The SMILES string of the molecule is CCOC(=O)c1ccc2c(c1)/C(=C/c1ccc(Br)cc1)OC(=O)N2. The largest absolute Gasteiger partial charge is 0.462 e. The van der Waals surface area contributed by atoms with E-state index in [1.54, 1.807) is 31.2 Å². The van der Waals surface area contributed by atoms with E-state index in [1.165, 1.54) is 0 Å². The number of esters is 1. The lowest BCUT2D eigenvalue weighted by Crippen LogP contribution is -2.20. The van der Waals surface area contributed by atoms with Gasteiger partial charge in [-0.05, 0) is 48.9 Å². The van der Waals surface area contributed by atoms with E-state index in [1.807, 2.05) is 24.3 Å². The average Bonchev–Trinajstić information content (AvgIpc) is 2.56. The number of rotatable bonds is 3. The van der Waals surface area contributed by atoms with Gasteiger partial charge in [-0.2, -0.15) is 0 Å². The van der Waals surface area contributed by atoms with Crippen LogP contribution in [0.5, 0.6) is 0 Å². The standard InChI is InChI=1S/C18H14BrNO4/c1-2-23-17(21)12-5-8-15-14(10-12)16(24-18(22)20-15)9-11-3-6-13(19)7-4-11/h3-10H,2H2,1H3,(H,20,22)/b16-9-. The fraction of sp³-hybridized carbons (Fsp3) is 0.111.